The summed E-state index contributed by atoms with van der Waals surface area (Å²) in [6.45, 7) is 8.90. The van der Waals surface area contributed by atoms with Gasteiger partial charge >= 0.3 is 5.97 Å². The van der Waals surface area contributed by atoms with Gasteiger partial charge in [-0.05, 0) is 63.5 Å². The molecule has 20 heavy (non-hydrogen) atoms. The number of nitrogens with one attached hydrogen (secondary N) is 1. The molecule has 114 valence electrons. The molecule has 1 N–H and O–H groups in total. The van der Waals surface area contributed by atoms with Crippen molar-refractivity contribution < 1.29 is 9.53 Å². The molecule has 1 heterocycles. The fraction of sp³-hybridized carbons (Fsp3) is 0.714. The maximum Gasteiger partial charge on any atom is 0.326 e. The summed E-state index contributed by atoms with van der Waals surface area (Å²) in [6.07, 6.45) is 1.56. The zero-order valence-electron chi connectivity index (χ0n) is 12.9. The SMILES string of the molecule is CCOC(=O)C(C)(CCCn1nc(C)c(Br)c1C)NC. The van der Waals surface area contributed by atoms with E-state index in [1.54, 1.807) is 7.05 Å². The van der Waals surface area contributed by atoms with Gasteiger partial charge in [-0.15, -0.1) is 0 Å². The van der Waals surface area contributed by atoms with E-state index < -0.39 is 5.54 Å². The quantitative estimate of drug-likeness (QED) is 0.771. The Balaban J connectivity index is 2.61. The van der Waals surface area contributed by atoms with Gasteiger partial charge in [0.2, 0.25) is 0 Å². The number of aromatic nitrogens is 2. The normalized spacial score (nSPS) is 14.1. The summed E-state index contributed by atoms with van der Waals surface area (Å²) < 4.78 is 8.14. The van der Waals surface area contributed by atoms with Gasteiger partial charge in [0.25, 0.3) is 0 Å². The first-order valence-electron chi connectivity index (χ1n) is 6.91. The number of hydrogen-bond donors (Lipinski definition) is 1. The van der Waals surface area contributed by atoms with E-state index in [1.165, 1.54) is 0 Å². The molecule has 0 saturated heterocycles. The fourth-order valence-electron chi connectivity index (χ4n) is 2.09. The number of aryl methyl sites for hydroxylation is 2. The lowest BCUT2D eigenvalue weighted by Crippen LogP contribution is -2.48. The van der Waals surface area contributed by atoms with E-state index in [9.17, 15) is 4.79 Å². The highest BCUT2D eigenvalue weighted by atomic mass is 79.9. The van der Waals surface area contributed by atoms with Crippen molar-refractivity contribution in [3.63, 3.8) is 0 Å². The molecule has 1 aromatic heterocycles. The topological polar surface area (TPSA) is 56.2 Å². The van der Waals surface area contributed by atoms with Gasteiger partial charge < -0.3 is 10.1 Å². The van der Waals surface area contributed by atoms with E-state index in [4.69, 9.17) is 4.74 Å². The molecule has 0 radical (unpaired) electrons. The lowest BCUT2D eigenvalue weighted by Gasteiger charge is -2.26. The molecule has 5 nitrogen and oxygen atoms in total. The highest BCUT2D eigenvalue weighted by molar-refractivity contribution is 9.10. The Morgan fingerprint density at radius 2 is 2.15 bits per heavy atom. The lowest BCUT2D eigenvalue weighted by atomic mass is 9.96. The largest absolute Gasteiger partial charge is 0.465 e. The Labute approximate surface area is 129 Å². The summed E-state index contributed by atoms with van der Waals surface area (Å²) in [5, 5.41) is 7.54. The molecule has 0 bridgehead atoms. The average Bonchev–Trinajstić information content (AvgIpc) is 2.66. The van der Waals surface area contributed by atoms with Gasteiger partial charge in [0.15, 0.2) is 0 Å². The summed E-state index contributed by atoms with van der Waals surface area (Å²) in [5.41, 5.74) is 1.47. The van der Waals surface area contributed by atoms with Crippen molar-refractivity contribution in [1.29, 1.82) is 0 Å². The van der Waals surface area contributed by atoms with Crippen molar-refractivity contribution in [1.82, 2.24) is 15.1 Å². The Hall–Kier alpha value is -0.880. The lowest BCUT2D eigenvalue weighted by molar-refractivity contribution is -0.150. The second-order valence-corrected chi connectivity index (χ2v) is 5.91. The average molecular weight is 346 g/mol. The number of nitrogens with zero attached hydrogens (tertiary/aromatic N) is 2. The Morgan fingerprint density at radius 3 is 2.60 bits per heavy atom. The number of carbonyl (C=O) groups is 1. The van der Waals surface area contributed by atoms with Crippen LogP contribution in [0.25, 0.3) is 0 Å². The molecule has 0 aliphatic heterocycles. The summed E-state index contributed by atoms with van der Waals surface area (Å²) >= 11 is 3.52. The van der Waals surface area contributed by atoms with Crippen molar-refractivity contribution in [3.8, 4) is 0 Å². The predicted octanol–water partition coefficient (Wildman–Crippen LogP) is 2.58. The van der Waals surface area contributed by atoms with Crippen molar-refractivity contribution >= 4 is 21.9 Å². The molecule has 0 spiro atoms. The zero-order chi connectivity index (χ0) is 15.3. The van der Waals surface area contributed by atoms with Gasteiger partial charge in [-0.2, -0.15) is 5.10 Å². The Morgan fingerprint density at radius 1 is 1.50 bits per heavy atom. The van der Waals surface area contributed by atoms with Crippen molar-refractivity contribution in [3.05, 3.63) is 15.9 Å². The molecule has 0 amide bonds. The number of halogens is 1. The van der Waals surface area contributed by atoms with Crippen LogP contribution in [0.3, 0.4) is 0 Å². The monoisotopic (exact) mass is 345 g/mol. The van der Waals surface area contributed by atoms with Crippen molar-refractivity contribution in [2.24, 2.45) is 0 Å². The zero-order valence-corrected chi connectivity index (χ0v) is 14.5. The molecule has 0 aliphatic rings. The summed E-state index contributed by atoms with van der Waals surface area (Å²) in [7, 11) is 1.79. The number of esters is 1. The summed E-state index contributed by atoms with van der Waals surface area (Å²) in [5.74, 6) is -0.197. The minimum atomic E-state index is -0.636. The highest BCUT2D eigenvalue weighted by Crippen LogP contribution is 2.21. The van der Waals surface area contributed by atoms with Crippen LogP contribution < -0.4 is 5.32 Å². The maximum absolute atomic E-state index is 11.9. The van der Waals surface area contributed by atoms with Crippen molar-refractivity contribution in [2.75, 3.05) is 13.7 Å². The predicted molar refractivity (Wildman–Crippen MR) is 82.7 cm³/mol. The van der Waals surface area contributed by atoms with Crippen LogP contribution >= 0.6 is 15.9 Å². The summed E-state index contributed by atoms with van der Waals surface area (Å²) in [4.78, 5) is 11.9. The molecule has 0 aromatic carbocycles. The number of likely N-dealkylation sites (N-methyl/N-ethyl adjacent to an activating group) is 1. The second kappa shape index (κ2) is 7.22. The number of hydrogen-bond acceptors (Lipinski definition) is 4. The van der Waals surface area contributed by atoms with Gasteiger partial charge in [-0.3, -0.25) is 9.48 Å². The van der Waals surface area contributed by atoms with Crippen LogP contribution in [0.15, 0.2) is 4.47 Å². The van der Waals surface area contributed by atoms with Crippen LogP contribution in [-0.4, -0.2) is 34.9 Å². The summed E-state index contributed by atoms with van der Waals surface area (Å²) in [6, 6.07) is 0. The van der Waals surface area contributed by atoms with E-state index in [1.807, 2.05) is 32.4 Å². The first kappa shape index (κ1) is 17.2. The molecule has 6 heteroatoms. The van der Waals surface area contributed by atoms with Gasteiger partial charge in [-0.25, -0.2) is 0 Å². The third-order valence-corrected chi connectivity index (χ3v) is 4.77. The molecule has 1 atom stereocenters. The van der Waals surface area contributed by atoms with Crippen LogP contribution in [0.5, 0.6) is 0 Å². The minimum absolute atomic E-state index is 0.197. The number of rotatable bonds is 7. The van der Waals surface area contributed by atoms with E-state index in [0.717, 1.165) is 28.8 Å². The second-order valence-electron chi connectivity index (χ2n) is 5.11. The molecule has 0 aliphatic carbocycles. The van der Waals surface area contributed by atoms with Gasteiger partial charge in [-0.1, -0.05) is 0 Å². The smallest absolute Gasteiger partial charge is 0.326 e. The van der Waals surface area contributed by atoms with E-state index >= 15 is 0 Å². The third-order valence-electron chi connectivity index (χ3n) is 3.62. The van der Waals surface area contributed by atoms with Gasteiger partial charge in [0, 0.05) is 12.2 Å². The van der Waals surface area contributed by atoms with Crippen molar-refractivity contribution in [2.45, 2.75) is 52.6 Å². The maximum atomic E-state index is 11.9. The van der Waals surface area contributed by atoms with E-state index in [0.29, 0.717) is 13.0 Å². The van der Waals surface area contributed by atoms with Crippen LogP contribution in [0.1, 0.15) is 38.1 Å². The number of carbonyl (C=O) groups excluding carboxylic acids is 1. The molecule has 1 aromatic rings. The highest BCUT2D eigenvalue weighted by Gasteiger charge is 2.32. The number of ether oxygens (including phenoxy) is 1. The fourth-order valence-corrected chi connectivity index (χ4v) is 2.38. The van der Waals surface area contributed by atoms with E-state index in [-0.39, 0.29) is 5.97 Å². The van der Waals surface area contributed by atoms with E-state index in [2.05, 4.69) is 26.3 Å². The van der Waals surface area contributed by atoms with Gasteiger partial charge in [0.05, 0.1) is 16.8 Å². The Bertz CT molecular complexity index is 473. The van der Waals surface area contributed by atoms with Crippen LogP contribution in [0.4, 0.5) is 0 Å². The molecule has 0 fully saturated rings. The first-order chi connectivity index (χ1) is 9.35. The van der Waals surface area contributed by atoms with Gasteiger partial charge in [0.1, 0.15) is 5.54 Å². The van der Waals surface area contributed by atoms with Crippen LogP contribution in [-0.2, 0) is 16.1 Å². The molecular formula is C14H24BrN3O2. The molecule has 1 unspecified atom stereocenters. The standard InChI is InChI=1S/C14H24BrN3O2/c1-6-20-13(19)14(4,16-5)8-7-9-18-11(3)12(15)10(2)17-18/h16H,6-9H2,1-5H3. The third kappa shape index (κ3) is 3.82. The molecule has 0 saturated carbocycles. The molecular weight excluding hydrogens is 322 g/mol. The Kier molecular flexibility index (Phi) is 6.20. The van der Waals surface area contributed by atoms with Crippen LogP contribution in [0, 0.1) is 13.8 Å². The molecule has 1 rings (SSSR count). The van der Waals surface area contributed by atoms with Crippen LogP contribution in [0.2, 0.25) is 0 Å². The minimum Gasteiger partial charge on any atom is -0.465 e. The first-order valence-corrected chi connectivity index (χ1v) is 7.70.